The summed E-state index contributed by atoms with van der Waals surface area (Å²) in [6.07, 6.45) is 0.331. The molecule has 1 aliphatic rings. The lowest BCUT2D eigenvalue weighted by Crippen LogP contribution is -2.32. The molecule has 2 aromatic carbocycles. The van der Waals surface area contributed by atoms with Crippen LogP contribution in [0.5, 0.6) is 11.6 Å². The van der Waals surface area contributed by atoms with Crippen molar-refractivity contribution in [1.82, 2.24) is 9.55 Å². The number of aliphatic imine (C=N–C) groups is 1. The smallest absolute Gasteiger partial charge is 0.330 e. The zero-order valence-electron chi connectivity index (χ0n) is 14.9. The molecule has 3 aromatic rings. The molecule has 142 valence electrons. The third-order valence-electron chi connectivity index (χ3n) is 4.59. The number of H-pyrrole nitrogens is 1. The second-order valence-electron chi connectivity index (χ2n) is 6.45. The van der Waals surface area contributed by atoms with Crippen LogP contribution in [0.4, 0.5) is 5.69 Å². The number of nitrogens with zero attached hydrogens (tertiary/aromatic N) is 2. The number of thioether (sulfide) groups is 1. The molecule has 0 radical (unpaired) electrons. The number of aromatic hydroxyl groups is 2. The first kappa shape index (κ1) is 18.1. The van der Waals surface area contributed by atoms with Crippen molar-refractivity contribution in [2.75, 3.05) is 0 Å². The van der Waals surface area contributed by atoms with E-state index in [1.165, 1.54) is 7.05 Å². The first-order valence-corrected chi connectivity index (χ1v) is 9.47. The molecule has 4 rings (SSSR count). The number of hydrogen-bond acceptors (Lipinski definition) is 6. The van der Waals surface area contributed by atoms with Gasteiger partial charge in [0, 0.05) is 23.6 Å². The van der Waals surface area contributed by atoms with Gasteiger partial charge in [0.1, 0.15) is 11.3 Å². The summed E-state index contributed by atoms with van der Waals surface area (Å²) in [5.41, 5.74) is 0.524. The van der Waals surface area contributed by atoms with Gasteiger partial charge < -0.3 is 10.2 Å². The number of benzene rings is 2. The van der Waals surface area contributed by atoms with E-state index >= 15 is 0 Å². The van der Waals surface area contributed by atoms with E-state index < -0.39 is 17.1 Å². The summed E-state index contributed by atoms with van der Waals surface area (Å²) in [6.45, 7) is 0. The summed E-state index contributed by atoms with van der Waals surface area (Å²) in [7, 11) is 1.38. The standard InChI is InChI=1S/C20H17N3O4S/c1-23-19(26)17(18(25)22-20(23)27)14-10-16(11-5-4-6-12(24)9-11)28-15-8-3-2-7-13(15)21-14/h2-9,16,24,26H,10H2,1H3,(H,22,25,27). The molecular weight excluding hydrogens is 378 g/mol. The molecule has 0 aliphatic carbocycles. The SMILES string of the molecule is Cn1c(O)c(C2=Nc3ccccc3SC(c3cccc(O)c3)C2)c(=O)[nH]c1=O. The maximum atomic E-state index is 12.5. The highest BCUT2D eigenvalue weighted by atomic mass is 32.2. The molecule has 28 heavy (non-hydrogen) atoms. The molecule has 0 saturated heterocycles. The Morgan fingerprint density at radius 2 is 1.93 bits per heavy atom. The first-order chi connectivity index (χ1) is 13.4. The van der Waals surface area contributed by atoms with Crippen molar-refractivity contribution in [2.45, 2.75) is 16.6 Å². The highest BCUT2D eigenvalue weighted by molar-refractivity contribution is 7.99. The lowest BCUT2D eigenvalue weighted by atomic mass is 10.0. The largest absolute Gasteiger partial charge is 0.508 e. The van der Waals surface area contributed by atoms with Gasteiger partial charge in [-0.05, 0) is 29.8 Å². The van der Waals surface area contributed by atoms with E-state index in [0.717, 1.165) is 15.0 Å². The van der Waals surface area contributed by atoms with Crippen molar-refractivity contribution in [1.29, 1.82) is 0 Å². The lowest BCUT2D eigenvalue weighted by Gasteiger charge is -2.16. The second-order valence-corrected chi connectivity index (χ2v) is 7.69. The Hall–Kier alpha value is -3.26. The maximum absolute atomic E-state index is 12.5. The van der Waals surface area contributed by atoms with Gasteiger partial charge in [-0.1, -0.05) is 24.3 Å². The van der Waals surface area contributed by atoms with Gasteiger partial charge in [-0.15, -0.1) is 11.8 Å². The van der Waals surface area contributed by atoms with E-state index in [-0.39, 0.29) is 16.6 Å². The van der Waals surface area contributed by atoms with Gasteiger partial charge in [0.25, 0.3) is 5.56 Å². The van der Waals surface area contributed by atoms with E-state index in [0.29, 0.717) is 17.8 Å². The molecule has 0 amide bonds. The van der Waals surface area contributed by atoms with Crippen molar-refractivity contribution in [3.05, 3.63) is 80.5 Å². The van der Waals surface area contributed by atoms with Crippen LogP contribution in [-0.2, 0) is 7.05 Å². The summed E-state index contributed by atoms with van der Waals surface area (Å²) in [4.78, 5) is 32.0. The highest BCUT2D eigenvalue weighted by Crippen LogP contribution is 2.46. The Balaban J connectivity index is 1.92. The summed E-state index contributed by atoms with van der Waals surface area (Å²) >= 11 is 1.57. The molecule has 0 saturated carbocycles. The summed E-state index contributed by atoms with van der Waals surface area (Å²) in [5, 5.41) is 20.2. The molecule has 1 aromatic heterocycles. The van der Waals surface area contributed by atoms with Crippen LogP contribution < -0.4 is 11.2 Å². The number of phenolic OH excluding ortho intramolecular Hbond substituents is 1. The summed E-state index contributed by atoms with van der Waals surface area (Å²) in [6, 6.07) is 14.4. The average Bonchev–Trinajstić information content (AvgIpc) is 2.86. The number of hydrogen-bond donors (Lipinski definition) is 3. The molecule has 2 heterocycles. The molecule has 1 unspecified atom stereocenters. The Morgan fingerprint density at radius 1 is 1.14 bits per heavy atom. The zero-order valence-corrected chi connectivity index (χ0v) is 15.7. The molecule has 0 spiro atoms. The minimum absolute atomic E-state index is 0.0236. The van der Waals surface area contributed by atoms with E-state index in [9.17, 15) is 19.8 Å². The first-order valence-electron chi connectivity index (χ1n) is 8.59. The van der Waals surface area contributed by atoms with Crippen LogP contribution >= 0.6 is 11.8 Å². The quantitative estimate of drug-likeness (QED) is 0.618. The van der Waals surface area contributed by atoms with Crippen LogP contribution in [0, 0.1) is 0 Å². The van der Waals surface area contributed by atoms with Gasteiger partial charge in [0.2, 0.25) is 5.88 Å². The number of aromatic nitrogens is 2. The fourth-order valence-electron chi connectivity index (χ4n) is 3.15. The monoisotopic (exact) mass is 395 g/mol. The Kier molecular flexibility index (Phi) is 4.56. The van der Waals surface area contributed by atoms with Crippen LogP contribution in [0.3, 0.4) is 0 Å². The van der Waals surface area contributed by atoms with Crippen molar-refractivity contribution in [3.8, 4) is 11.6 Å². The van der Waals surface area contributed by atoms with Crippen LogP contribution in [0.1, 0.15) is 22.8 Å². The van der Waals surface area contributed by atoms with Gasteiger partial charge in [-0.2, -0.15) is 0 Å². The number of aromatic amines is 1. The fourth-order valence-corrected chi connectivity index (χ4v) is 4.37. The van der Waals surface area contributed by atoms with E-state index in [1.807, 2.05) is 30.3 Å². The maximum Gasteiger partial charge on any atom is 0.330 e. The molecule has 0 bridgehead atoms. The van der Waals surface area contributed by atoms with Crippen molar-refractivity contribution in [2.24, 2.45) is 12.0 Å². The summed E-state index contributed by atoms with van der Waals surface area (Å²) in [5.74, 6) is -0.275. The van der Waals surface area contributed by atoms with Gasteiger partial charge >= 0.3 is 5.69 Å². The number of rotatable bonds is 2. The number of nitrogens with one attached hydrogen (secondary N) is 1. The molecular formula is C20H17N3O4S. The van der Waals surface area contributed by atoms with E-state index in [1.54, 1.807) is 30.0 Å². The minimum atomic E-state index is -0.695. The van der Waals surface area contributed by atoms with Crippen LogP contribution in [0.15, 0.2) is 68.0 Å². The number of phenols is 1. The van der Waals surface area contributed by atoms with Gasteiger partial charge in [-0.3, -0.25) is 19.3 Å². The van der Waals surface area contributed by atoms with Crippen molar-refractivity contribution >= 4 is 23.2 Å². The summed E-state index contributed by atoms with van der Waals surface area (Å²) < 4.78 is 0.979. The highest BCUT2D eigenvalue weighted by Gasteiger charge is 2.26. The Bertz CT molecular complexity index is 1210. The Labute approximate surface area is 164 Å². The predicted octanol–water partition coefficient (Wildman–Crippen LogP) is 2.84. The van der Waals surface area contributed by atoms with E-state index in [2.05, 4.69) is 9.98 Å². The fraction of sp³-hybridized carbons (Fsp3) is 0.150. The molecule has 0 fully saturated rings. The lowest BCUT2D eigenvalue weighted by molar-refractivity contribution is 0.416. The third kappa shape index (κ3) is 3.22. The van der Waals surface area contributed by atoms with Gasteiger partial charge in [-0.25, -0.2) is 4.79 Å². The van der Waals surface area contributed by atoms with Crippen molar-refractivity contribution < 1.29 is 10.2 Å². The molecule has 8 heteroatoms. The van der Waals surface area contributed by atoms with E-state index in [4.69, 9.17) is 0 Å². The number of para-hydroxylation sites is 1. The minimum Gasteiger partial charge on any atom is -0.508 e. The van der Waals surface area contributed by atoms with Crippen LogP contribution in [0.2, 0.25) is 0 Å². The predicted molar refractivity (Wildman–Crippen MR) is 108 cm³/mol. The average molecular weight is 395 g/mol. The topological polar surface area (TPSA) is 108 Å². The van der Waals surface area contributed by atoms with Crippen LogP contribution in [-0.4, -0.2) is 25.5 Å². The third-order valence-corrected chi connectivity index (χ3v) is 5.92. The second kappa shape index (κ2) is 7.05. The van der Waals surface area contributed by atoms with Crippen LogP contribution in [0.25, 0.3) is 0 Å². The number of fused-ring (bicyclic) bond motifs is 1. The van der Waals surface area contributed by atoms with Gasteiger partial charge in [0.15, 0.2) is 0 Å². The molecule has 7 nitrogen and oxygen atoms in total. The van der Waals surface area contributed by atoms with Gasteiger partial charge in [0.05, 0.1) is 11.4 Å². The molecule has 3 N–H and O–H groups in total. The Morgan fingerprint density at radius 3 is 2.71 bits per heavy atom. The molecule has 1 aliphatic heterocycles. The molecule has 1 atom stereocenters. The zero-order chi connectivity index (χ0) is 19.8. The normalized spacial score (nSPS) is 16.2. The van der Waals surface area contributed by atoms with Crippen molar-refractivity contribution in [3.63, 3.8) is 0 Å².